The Bertz CT molecular complexity index is 1980. The number of ether oxygens (including phenoxy) is 3. The Kier molecular flexibility index (Phi) is 10.4. The Labute approximate surface area is 297 Å². The monoisotopic (exact) mass is 706 g/mol. The zero-order chi connectivity index (χ0) is 35.2. The molecule has 4 atom stereocenters. The van der Waals surface area contributed by atoms with E-state index in [0.29, 0.717) is 28.6 Å². The molecule has 51 heavy (non-hydrogen) atoms. The van der Waals surface area contributed by atoms with Crippen LogP contribution in [0, 0.1) is 0 Å². The molecule has 0 radical (unpaired) electrons. The van der Waals surface area contributed by atoms with Gasteiger partial charge in [0, 0.05) is 17.7 Å². The van der Waals surface area contributed by atoms with Gasteiger partial charge in [-0.25, -0.2) is 9.69 Å². The number of nitrogens with one attached hydrogen (secondary N) is 1. The predicted octanol–water partition coefficient (Wildman–Crippen LogP) is 5.05. The van der Waals surface area contributed by atoms with Gasteiger partial charge in [-0.3, -0.25) is 9.59 Å². The van der Waals surface area contributed by atoms with Crippen LogP contribution in [0.3, 0.4) is 0 Å². The average Bonchev–Trinajstić information content (AvgIpc) is 3.76. The van der Waals surface area contributed by atoms with E-state index >= 15 is 0 Å². The van der Waals surface area contributed by atoms with Crippen LogP contribution in [0.5, 0.6) is 0 Å². The summed E-state index contributed by atoms with van der Waals surface area (Å²) in [6, 6.07) is 32.1. The maximum absolute atomic E-state index is 13.4. The van der Waals surface area contributed by atoms with Crippen molar-refractivity contribution in [1.29, 1.82) is 0 Å². The van der Waals surface area contributed by atoms with Crippen LogP contribution in [-0.2, 0) is 37.0 Å². The molecule has 0 spiro atoms. The van der Waals surface area contributed by atoms with Crippen molar-refractivity contribution in [2.45, 2.75) is 55.8 Å². The molecule has 0 saturated carbocycles. The maximum atomic E-state index is 13.4. The number of tetrazole rings is 1. The average molecular weight is 707 g/mol. The topological polar surface area (TPSA) is 158 Å². The van der Waals surface area contributed by atoms with Gasteiger partial charge in [0.25, 0.3) is 5.91 Å². The maximum Gasteiger partial charge on any atom is 0.408 e. The second kappa shape index (κ2) is 15.6. The lowest BCUT2D eigenvalue weighted by Gasteiger charge is -2.36. The molecule has 7 rings (SSSR count). The number of carbonyl (C=O) groups excluding carboxylic acids is 3. The van der Waals surface area contributed by atoms with Gasteiger partial charge in [-0.05, 0) is 51.4 Å². The Hall–Kier alpha value is -5.41. The number of imide groups is 1. The molecule has 2 N–H and O–H groups in total. The second-order valence-electron chi connectivity index (χ2n) is 12.0. The molecule has 2 aliphatic heterocycles. The van der Waals surface area contributed by atoms with Crippen molar-refractivity contribution in [1.82, 2.24) is 25.5 Å². The molecule has 14 heteroatoms. The molecule has 5 aromatic rings. The quantitative estimate of drug-likeness (QED) is 0.140. The van der Waals surface area contributed by atoms with Crippen LogP contribution in [0.25, 0.3) is 5.69 Å². The number of hydrogen-bond donors (Lipinski definition) is 2. The van der Waals surface area contributed by atoms with Gasteiger partial charge >= 0.3 is 6.09 Å². The molecule has 3 amide bonds. The fourth-order valence-corrected chi connectivity index (χ4v) is 6.83. The zero-order valence-corrected chi connectivity index (χ0v) is 28.1. The Morgan fingerprint density at radius 1 is 0.882 bits per heavy atom. The van der Waals surface area contributed by atoms with Crippen LogP contribution in [0.4, 0.5) is 10.5 Å². The Morgan fingerprint density at radius 3 is 2.39 bits per heavy atom. The van der Waals surface area contributed by atoms with Crippen molar-refractivity contribution in [3.05, 3.63) is 131 Å². The molecule has 0 bridgehead atoms. The van der Waals surface area contributed by atoms with Gasteiger partial charge in [0.15, 0.2) is 6.29 Å². The first kappa shape index (κ1) is 34.1. The van der Waals surface area contributed by atoms with Gasteiger partial charge in [0.1, 0.15) is 12.6 Å². The van der Waals surface area contributed by atoms with E-state index in [1.807, 2.05) is 91.0 Å². The van der Waals surface area contributed by atoms with Gasteiger partial charge < -0.3 is 24.6 Å². The lowest BCUT2D eigenvalue weighted by Crippen LogP contribution is -2.42. The molecule has 2 fully saturated rings. The highest BCUT2D eigenvalue weighted by atomic mass is 32.2. The summed E-state index contributed by atoms with van der Waals surface area (Å²) in [5.74, 6) is -0.510. The number of para-hydroxylation sites is 1. The standard InChI is InChI=1S/C37H34N6O7S/c44-21-24-14-16-26(17-15-24)32-19-30(23-51-36-39-40-41-43(36)28-11-5-2-6-12-28)49-35(50-32)27-10-7-13-29(18-27)42-33(45)20-31(34(42)46)38-37(47)48-22-25-8-3-1-4-9-25/h1-18,30-32,35,44H,19-23H2,(H,38,47). The molecule has 260 valence electrons. The van der Waals surface area contributed by atoms with Crippen LogP contribution in [0.2, 0.25) is 0 Å². The summed E-state index contributed by atoms with van der Waals surface area (Å²) < 4.78 is 19.9. The number of anilines is 1. The van der Waals surface area contributed by atoms with E-state index in [9.17, 15) is 19.5 Å². The minimum absolute atomic E-state index is 0.0326. The third-order valence-corrected chi connectivity index (χ3v) is 9.56. The van der Waals surface area contributed by atoms with Crippen LogP contribution < -0.4 is 10.2 Å². The number of thioether (sulfide) groups is 1. The summed E-state index contributed by atoms with van der Waals surface area (Å²) in [5.41, 5.74) is 4.27. The van der Waals surface area contributed by atoms with Crippen molar-refractivity contribution in [3.63, 3.8) is 0 Å². The first-order valence-electron chi connectivity index (χ1n) is 16.4. The van der Waals surface area contributed by atoms with Gasteiger partial charge in [-0.15, -0.1) is 5.10 Å². The molecule has 3 heterocycles. The zero-order valence-electron chi connectivity index (χ0n) is 27.3. The van der Waals surface area contributed by atoms with Gasteiger partial charge in [0.2, 0.25) is 11.1 Å². The SMILES string of the molecule is O=C(NC1CC(=O)N(c2cccc(C3OC(CSc4nnnn4-c4ccccc4)CC(c4ccc(CO)cc4)O3)c2)C1=O)OCc1ccccc1. The number of hydrogen-bond acceptors (Lipinski definition) is 11. The summed E-state index contributed by atoms with van der Waals surface area (Å²) in [7, 11) is 0. The molecular formula is C37H34N6O7S. The summed E-state index contributed by atoms with van der Waals surface area (Å²) in [6.45, 7) is -0.0380. The van der Waals surface area contributed by atoms with Crippen LogP contribution >= 0.6 is 11.8 Å². The highest BCUT2D eigenvalue weighted by Crippen LogP contribution is 2.40. The van der Waals surface area contributed by atoms with Crippen molar-refractivity contribution >= 4 is 35.4 Å². The molecule has 4 unspecified atom stereocenters. The summed E-state index contributed by atoms with van der Waals surface area (Å²) >= 11 is 1.46. The van der Waals surface area contributed by atoms with E-state index in [-0.39, 0.29) is 31.8 Å². The lowest BCUT2D eigenvalue weighted by atomic mass is 10.0. The minimum atomic E-state index is -1.06. The molecular weight excluding hydrogens is 673 g/mol. The fraction of sp³-hybridized carbons (Fsp3) is 0.243. The van der Waals surface area contributed by atoms with E-state index < -0.39 is 30.2 Å². The molecule has 0 aliphatic carbocycles. The molecule has 2 aliphatic rings. The molecule has 1 aromatic heterocycles. The first-order chi connectivity index (χ1) is 24.9. The fourth-order valence-electron chi connectivity index (χ4n) is 5.92. The number of benzene rings is 4. The van der Waals surface area contributed by atoms with E-state index in [0.717, 1.165) is 27.3 Å². The molecule has 13 nitrogen and oxygen atoms in total. The third kappa shape index (κ3) is 7.99. The number of nitrogens with zero attached hydrogens (tertiary/aromatic N) is 5. The van der Waals surface area contributed by atoms with Crippen LogP contribution in [0.1, 0.15) is 47.5 Å². The van der Waals surface area contributed by atoms with Crippen molar-refractivity contribution in [3.8, 4) is 5.69 Å². The van der Waals surface area contributed by atoms with Gasteiger partial charge in [-0.1, -0.05) is 96.7 Å². The lowest BCUT2D eigenvalue weighted by molar-refractivity contribution is -0.245. The highest BCUT2D eigenvalue weighted by molar-refractivity contribution is 7.99. The van der Waals surface area contributed by atoms with E-state index in [1.54, 1.807) is 22.9 Å². The number of rotatable bonds is 11. The van der Waals surface area contributed by atoms with Crippen molar-refractivity contribution in [2.75, 3.05) is 10.7 Å². The second-order valence-corrected chi connectivity index (χ2v) is 13.0. The summed E-state index contributed by atoms with van der Waals surface area (Å²) in [4.78, 5) is 40.1. The minimum Gasteiger partial charge on any atom is -0.445 e. The van der Waals surface area contributed by atoms with Crippen LogP contribution in [-0.4, -0.2) is 61.1 Å². The predicted molar refractivity (Wildman–Crippen MR) is 185 cm³/mol. The van der Waals surface area contributed by atoms with Gasteiger partial charge in [-0.2, -0.15) is 4.68 Å². The summed E-state index contributed by atoms with van der Waals surface area (Å²) in [5, 5.41) is 24.9. The molecule has 4 aromatic carbocycles. The number of carbonyl (C=O) groups is 3. The Balaban J connectivity index is 1.07. The smallest absolute Gasteiger partial charge is 0.408 e. The number of amides is 3. The first-order valence-corrected chi connectivity index (χ1v) is 17.3. The van der Waals surface area contributed by atoms with E-state index in [2.05, 4.69) is 20.8 Å². The number of aliphatic hydroxyl groups excluding tert-OH is 1. The van der Waals surface area contributed by atoms with Crippen molar-refractivity contribution in [2.24, 2.45) is 0 Å². The number of aromatic nitrogens is 4. The molecule has 2 saturated heterocycles. The van der Waals surface area contributed by atoms with E-state index in [1.165, 1.54) is 11.8 Å². The number of alkyl carbamates (subject to hydrolysis) is 1. The van der Waals surface area contributed by atoms with Gasteiger partial charge in [0.05, 0.1) is 36.6 Å². The largest absolute Gasteiger partial charge is 0.445 e. The summed E-state index contributed by atoms with van der Waals surface area (Å²) in [6.07, 6.45) is -1.96. The normalized spacial score (nSPS) is 20.4. The highest BCUT2D eigenvalue weighted by Gasteiger charge is 2.41. The third-order valence-electron chi connectivity index (χ3n) is 8.51. The van der Waals surface area contributed by atoms with Crippen LogP contribution in [0.15, 0.2) is 114 Å². The number of aliphatic hydroxyl groups is 1. The Morgan fingerprint density at radius 2 is 1.63 bits per heavy atom. The van der Waals surface area contributed by atoms with E-state index in [4.69, 9.17) is 14.2 Å². The van der Waals surface area contributed by atoms with Crippen molar-refractivity contribution < 1.29 is 33.7 Å².